The van der Waals surface area contributed by atoms with E-state index in [-0.39, 0.29) is 23.1 Å². The van der Waals surface area contributed by atoms with Crippen LogP contribution in [-0.2, 0) is 9.47 Å². The molecular weight excluding hydrogens is 353 g/mol. The largest absolute Gasteiger partial charge is 0.497 e. The number of hydrogen-bond donors (Lipinski definition) is 0. The van der Waals surface area contributed by atoms with E-state index in [1.807, 2.05) is 25.3 Å². The number of nitrogens with zero attached hydrogens (tertiary/aromatic N) is 1. The Hall–Kier alpha value is -2.67. The molecule has 1 heterocycles. The van der Waals surface area contributed by atoms with Crippen molar-refractivity contribution in [2.45, 2.75) is 26.8 Å². The van der Waals surface area contributed by atoms with Crippen molar-refractivity contribution in [1.29, 1.82) is 0 Å². The molecule has 0 saturated heterocycles. The average Bonchev–Trinajstić information content (AvgIpc) is 2.93. The number of aryl methyl sites for hydroxylation is 1. The van der Waals surface area contributed by atoms with Gasteiger partial charge >= 0.3 is 5.97 Å². The molecule has 0 saturated carbocycles. The normalized spacial score (nSPS) is 11.9. The lowest BCUT2D eigenvalue weighted by Gasteiger charge is -2.17. The van der Waals surface area contributed by atoms with Crippen LogP contribution in [0.25, 0.3) is 0 Å². The molecule has 1 aromatic carbocycles. The summed E-state index contributed by atoms with van der Waals surface area (Å²) in [6.45, 7) is 5.76. The Balaban J connectivity index is 2.10. The van der Waals surface area contributed by atoms with E-state index in [2.05, 4.69) is 0 Å². The summed E-state index contributed by atoms with van der Waals surface area (Å²) < 4.78 is 31.0. The van der Waals surface area contributed by atoms with Crippen LogP contribution < -0.4 is 4.74 Å². The summed E-state index contributed by atoms with van der Waals surface area (Å²) in [5, 5.41) is 0. The van der Waals surface area contributed by atoms with Crippen molar-refractivity contribution >= 4 is 11.8 Å². The van der Waals surface area contributed by atoms with Gasteiger partial charge in [-0.1, -0.05) is 0 Å². The molecule has 0 unspecified atom stereocenters. The SMILES string of the molecule is COC[C@@H](C)n1c(C)cc(C(=O)COC(=O)c2ccc(OC)cc2F)c1C. The number of Topliss-reactive ketones (excluding diaryl/α,β-unsaturated/α-hetero) is 1. The molecule has 0 amide bonds. The van der Waals surface area contributed by atoms with Crippen molar-refractivity contribution in [2.24, 2.45) is 0 Å². The Kier molecular flexibility index (Phi) is 6.74. The maximum absolute atomic E-state index is 13.9. The molecule has 7 heteroatoms. The molecule has 0 aliphatic carbocycles. The van der Waals surface area contributed by atoms with Crippen molar-refractivity contribution in [3.05, 3.63) is 52.6 Å². The van der Waals surface area contributed by atoms with Gasteiger partial charge in [0.2, 0.25) is 5.78 Å². The van der Waals surface area contributed by atoms with E-state index >= 15 is 0 Å². The summed E-state index contributed by atoms with van der Waals surface area (Å²) in [6, 6.07) is 5.62. The number of rotatable bonds is 8. The monoisotopic (exact) mass is 377 g/mol. The lowest BCUT2D eigenvalue weighted by atomic mass is 10.1. The summed E-state index contributed by atoms with van der Waals surface area (Å²) >= 11 is 0. The first-order valence-corrected chi connectivity index (χ1v) is 8.51. The fraction of sp³-hybridized carbons (Fsp3) is 0.400. The molecule has 0 radical (unpaired) electrons. The second kappa shape index (κ2) is 8.81. The Morgan fingerprint density at radius 2 is 1.85 bits per heavy atom. The Bertz CT molecular complexity index is 843. The minimum atomic E-state index is -0.898. The number of methoxy groups -OCH3 is 2. The average molecular weight is 377 g/mol. The van der Waals surface area contributed by atoms with Gasteiger partial charge < -0.3 is 18.8 Å². The smallest absolute Gasteiger partial charge is 0.341 e. The van der Waals surface area contributed by atoms with Gasteiger partial charge in [-0.05, 0) is 39.0 Å². The van der Waals surface area contributed by atoms with Crippen molar-refractivity contribution in [1.82, 2.24) is 4.57 Å². The van der Waals surface area contributed by atoms with Crippen LogP contribution in [0.3, 0.4) is 0 Å². The Labute approximate surface area is 157 Å². The predicted molar refractivity (Wildman–Crippen MR) is 98.1 cm³/mol. The minimum absolute atomic E-state index is 0.0625. The van der Waals surface area contributed by atoms with Gasteiger partial charge in [0.05, 0.1) is 25.3 Å². The van der Waals surface area contributed by atoms with Crippen molar-refractivity contribution < 1.29 is 28.2 Å². The zero-order valence-electron chi connectivity index (χ0n) is 16.2. The molecule has 146 valence electrons. The predicted octanol–water partition coefficient (Wildman–Crippen LogP) is 3.50. The number of esters is 1. The molecule has 1 atom stereocenters. The van der Waals surface area contributed by atoms with Gasteiger partial charge in [-0.15, -0.1) is 0 Å². The van der Waals surface area contributed by atoms with Gasteiger partial charge in [-0.25, -0.2) is 9.18 Å². The number of ketones is 1. The molecule has 0 bridgehead atoms. The molecule has 2 rings (SSSR count). The second-order valence-electron chi connectivity index (χ2n) is 6.30. The lowest BCUT2D eigenvalue weighted by Crippen LogP contribution is -2.17. The zero-order chi connectivity index (χ0) is 20.1. The van der Waals surface area contributed by atoms with Crippen LogP contribution in [0.15, 0.2) is 24.3 Å². The highest BCUT2D eigenvalue weighted by molar-refractivity contribution is 6.00. The number of hydrogen-bond acceptors (Lipinski definition) is 5. The van der Waals surface area contributed by atoms with Crippen molar-refractivity contribution in [3.63, 3.8) is 0 Å². The molecule has 1 aromatic heterocycles. The topological polar surface area (TPSA) is 66.8 Å². The van der Waals surface area contributed by atoms with Crippen LogP contribution >= 0.6 is 0 Å². The molecule has 27 heavy (non-hydrogen) atoms. The number of benzene rings is 1. The molecule has 2 aromatic rings. The highest BCUT2D eigenvalue weighted by Gasteiger charge is 2.21. The first kappa shape index (κ1) is 20.6. The summed E-state index contributed by atoms with van der Waals surface area (Å²) in [7, 11) is 3.02. The summed E-state index contributed by atoms with van der Waals surface area (Å²) in [5.74, 6) is -1.72. The third-order valence-electron chi connectivity index (χ3n) is 4.36. The zero-order valence-corrected chi connectivity index (χ0v) is 16.2. The van der Waals surface area contributed by atoms with Gasteiger partial charge in [0, 0.05) is 30.1 Å². The number of ether oxygens (including phenoxy) is 3. The molecule has 0 N–H and O–H groups in total. The number of carbonyl (C=O) groups is 2. The quantitative estimate of drug-likeness (QED) is 0.520. The third kappa shape index (κ3) is 4.54. The summed E-state index contributed by atoms with van der Waals surface area (Å²) in [4.78, 5) is 24.6. The molecule has 0 fully saturated rings. The Morgan fingerprint density at radius 3 is 2.44 bits per heavy atom. The fourth-order valence-corrected chi connectivity index (χ4v) is 3.13. The molecular formula is C20H24FNO5. The van der Waals surface area contributed by atoms with E-state index in [0.29, 0.717) is 12.2 Å². The van der Waals surface area contributed by atoms with Crippen LogP contribution in [-0.4, -0.2) is 43.8 Å². The minimum Gasteiger partial charge on any atom is -0.497 e. The van der Waals surface area contributed by atoms with Gasteiger partial charge in [0.15, 0.2) is 6.61 Å². The molecule has 6 nitrogen and oxygen atoms in total. The van der Waals surface area contributed by atoms with E-state index in [4.69, 9.17) is 14.2 Å². The van der Waals surface area contributed by atoms with Crippen molar-refractivity contribution in [3.8, 4) is 5.75 Å². The van der Waals surface area contributed by atoms with Crippen LogP contribution in [0.1, 0.15) is 45.1 Å². The van der Waals surface area contributed by atoms with Gasteiger partial charge in [0.25, 0.3) is 0 Å². The van der Waals surface area contributed by atoms with Crippen molar-refractivity contribution in [2.75, 3.05) is 27.4 Å². The highest BCUT2D eigenvalue weighted by Crippen LogP contribution is 2.22. The molecule has 0 spiro atoms. The van der Waals surface area contributed by atoms with Gasteiger partial charge in [0.1, 0.15) is 11.6 Å². The van der Waals surface area contributed by atoms with Crippen LogP contribution in [0.5, 0.6) is 5.75 Å². The van der Waals surface area contributed by atoms with Crippen LogP contribution in [0.4, 0.5) is 4.39 Å². The van der Waals surface area contributed by atoms with E-state index in [9.17, 15) is 14.0 Å². The van der Waals surface area contributed by atoms with Gasteiger partial charge in [-0.3, -0.25) is 4.79 Å². The number of aromatic nitrogens is 1. The fourth-order valence-electron chi connectivity index (χ4n) is 3.13. The standard InChI is InChI=1S/C20H24FNO5/c1-12-8-17(14(3)22(12)13(2)10-25-4)19(23)11-27-20(24)16-7-6-15(26-5)9-18(16)21/h6-9,13H,10-11H2,1-5H3/t13-/m1/s1. The Morgan fingerprint density at radius 1 is 1.15 bits per heavy atom. The molecule has 0 aliphatic heterocycles. The number of halogens is 1. The van der Waals surface area contributed by atoms with E-state index in [0.717, 1.165) is 17.5 Å². The second-order valence-corrected chi connectivity index (χ2v) is 6.30. The van der Waals surface area contributed by atoms with E-state index in [1.54, 1.807) is 13.2 Å². The summed E-state index contributed by atoms with van der Waals surface area (Å²) in [6.07, 6.45) is 0. The summed E-state index contributed by atoms with van der Waals surface area (Å²) in [5.41, 5.74) is 1.91. The van der Waals surface area contributed by atoms with E-state index in [1.165, 1.54) is 19.2 Å². The number of carbonyl (C=O) groups excluding carboxylic acids is 2. The maximum atomic E-state index is 13.9. The molecule has 0 aliphatic rings. The third-order valence-corrected chi connectivity index (χ3v) is 4.36. The van der Waals surface area contributed by atoms with Crippen LogP contribution in [0.2, 0.25) is 0 Å². The van der Waals surface area contributed by atoms with E-state index < -0.39 is 18.4 Å². The van der Waals surface area contributed by atoms with Gasteiger partial charge in [-0.2, -0.15) is 0 Å². The lowest BCUT2D eigenvalue weighted by molar-refractivity contribution is 0.0469. The maximum Gasteiger partial charge on any atom is 0.341 e. The van der Waals surface area contributed by atoms with Crippen LogP contribution in [0, 0.1) is 19.7 Å². The highest BCUT2D eigenvalue weighted by atomic mass is 19.1. The first-order valence-electron chi connectivity index (χ1n) is 8.51. The first-order chi connectivity index (χ1) is 12.8.